The molecule has 6 heteroatoms. The third-order valence-corrected chi connectivity index (χ3v) is 3.94. The van der Waals surface area contributed by atoms with Gasteiger partial charge in [0.2, 0.25) is 5.91 Å². The summed E-state index contributed by atoms with van der Waals surface area (Å²) < 4.78 is 0. The van der Waals surface area contributed by atoms with Crippen LogP contribution in [-0.2, 0) is 17.6 Å². The molecule has 2 rings (SSSR count). The molecule has 0 bridgehead atoms. The van der Waals surface area contributed by atoms with Gasteiger partial charge in [-0.3, -0.25) is 4.79 Å². The van der Waals surface area contributed by atoms with Crippen LogP contribution in [0, 0.1) is 0 Å². The van der Waals surface area contributed by atoms with E-state index in [2.05, 4.69) is 16.4 Å². The van der Waals surface area contributed by atoms with Crippen LogP contribution < -0.4 is 11.1 Å². The number of nitrogens with one attached hydrogen (secondary N) is 1. The first-order valence-corrected chi connectivity index (χ1v) is 7.53. The zero-order valence-electron chi connectivity index (χ0n) is 13.3. The molecule has 1 amide bonds. The normalized spacial score (nSPS) is 13.8. The second kappa shape index (κ2) is 8.97. The van der Waals surface area contributed by atoms with Crippen LogP contribution in [0.2, 0.25) is 0 Å². The van der Waals surface area contributed by atoms with Crippen molar-refractivity contribution in [3.05, 3.63) is 29.3 Å². The number of nitrogens with two attached hydrogens (primary N) is 1. The maximum atomic E-state index is 11.7. The predicted octanol–water partition coefficient (Wildman–Crippen LogP) is 2.39. The second-order valence-electron chi connectivity index (χ2n) is 5.38. The van der Waals surface area contributed by atoms with Crippen LogP contribution in [0.25, 0.3) is 0 Å². The van der Waals surface area contributed by atoms with Gasteiger partial charge >= 0.3 is 0 Å². The first kappa shape index (κ1) is 18.7. The average Bonchev–Trinajstić information content (AvgIpc) is 2.52. The summed E-state index contributed by atoms with van der Waals surface area (Å²) >= 11 is 0. The molecular weight excluding hydrogens is 391 g/mol. The number of hydrogen-bond acceptors (Lipinski definition) is 2. The molecule has 5 nitrogen and oxygen atoms in total. The molecular formula is C16H25IN4O. The molecule has 22 heavy (non-hydrogen) atoms. The number of halogens is 1. The molecule has 1 aliphatic carbocycles. The van der Waals surface area contributed by atoms with Gasteiger partial charge in [0.15, 0.2) is 5.96 Å². The van der Waals surface area contributed by atoms with E-state index < -0.39 is 0 Å². The standard InChI is InChI=1S/C16H24N4O.HI/c1-3-20(2)15(21)11-18-16(17)19-14-10-6-8-12-7-4-5-9-13(12)14;/h6,8,10H,3-5,7,9,11H2,1-2H3,(H3,17,18,19);1H. The maximum absolute atomic E-state index is 11.7. The number of carbonyl (C=O) groups excluding carboxylic acids is 1. The fourth-order valence-electron chi connectivity index (χ4n) is 2.53. The summed E-state index contributed by atoms with van der Waals surface area (Å²) in [4.78, 5) is 17.5. The Morgan fingerprint density at radius 1 is 1.36 bits per heavy atom. The number of anilines is 1. The number of carbonyl (C=O) groups is 1. The van der Waals surface area contributed by atoms with E-state index in [4.69, 9.17) is 5.73 Å². The number of fused-ring (bicyclic) bond motifs is 1. The molecule has 3 N–H and O–H groups in total. The summed E-state index contributed by atoms with van der Waals surface area (Å²) in [7, 11) is 1.76. The Bertz CT molecular complexity index is 545. The molecule has 122 valence electrons. The molecule has 0 spiro atoms. The quantitative estimate of drug-likeness (QED) is 0.450. The Balaban J connectivity index is 0.00000242. The highest BCUT2D eigenvalue weighted by molar-refractivity contribution is 14.0. The Hall–Kier alpha value is -1.31. The smallest absolute Gasteiger partial charge is 0.244 e. The molecule has 0 saturated carbocycles. The third-order valence-electron chi connectivity index (χ3n) is 3.94. The minimum atomic E-state index is -0.0302. The Labute approximate surface area is 149 Å². The molecule has 0 atom stereocenters. The summed E-state index contributed by atoms with van der Waals surface area (Å²) in [5.41, 5.74) is 9.64. The summed E-state index contributed by atoms with van der Waals surface area (Å²) in [6.07, 6.45) is 4.66. The zero-order chi connectivity index (χ0) is 15.2. The number of amides is 1. The van der Waals surface area contributed by atoms with Crippen molar-refractivity contribution in [3.8, 4) is 0 Å². The number of nitrogens with zero attached hydrogens (tertiary/aromatic N) is 2. The molecule has 0 aromatic heterocycles. The molecule has 0 saturated heterocycles. The minimum absolute atomic E-state index is 0. The van der Waals surface area contributed by atoms with Gasteiger partial charge in [0, 0.05) is 19.3 Å². The van der Waals surface area contributed by atoms with Gasteiger partial charge < -0.3 is 16.0 Å². The van der Waals surface area contributed by atoms with Gasteiger partial charge in [-0.1, -0.05) is 12.1 Å². The van der Waals surface area contributed by atoms with E-state index in [-0.39, 0.29) is 36.4 Å². The number of hydrogen-bond donors (Lipinski definition) is 2. The summed E-state index contributed by atoms with van der Waals surface area (Å²) in [5, 5.41) is 3.14. The lowest BCUT2D eigenvalue weighted by molar-refractivity contribution is -0.128. The number of benzene rings is 1. The lowest BCUT2D eigenvalue weighted by Gasteiger charge is -2.20. The maximum Gasteiger partial charge on any atom is 0.244 e. The number of guanidine groups is 1. The number of aliphatic imine (C=N–C) groups is 1. The fourth-order valence-corrected chi connectivity index (χ4v) is 2.53. The van der Waals surface area contributed by atoms with Gasteiger partial charge in [0.25, 0.3) is 0 Å². The van der Waals surface area contributed by atoms with Crippen molar-refractivity contribution in [2.75, 3.05) is 25.5 Å². The van der Waals surface area contributed by atoms with E-state index in [1.54, 1.807) is 11.9 Å². The van der Waals surface area contributed by atoms with Gasteiger partial charge in [-0.05, 0) is 49.8 Å². The molecule has 0 fully saturated rings. The van der Waals surface area contributed by atoms with Crippen molar-refractivity contribution >= 4 is 41.5 Å². The van der Waals surface area contributed by atoms with Gasteiger partial charge in [0.05, 0.1) is 0 Å². The monoisotopic (exact) mass is 416 g/mol. The Morgan fingerprint density at radius 2 is 2.09 bits per heavy atom. The van der Waals surface area contributed by atoms with Crippen molar-refractivity contribution in [2.24, 2.45) is 10.7 Å². The van der Waals surface area contributed by atoms with E-state index in [0.29, 0.717) is 12.5 Å². The number of aryl methyl sites for hydroxylation is 1. The summed E-state index contributed by atoms with van der Waals surface area (Å²) in [6, 6.07) is 6.23. The Kier molecular flexibility index (Phi) is 7.64. The van der Waals surface area contributed by atoms with Gasteiger partial charge in [-0.15, -0.1) is 24.0 Å². The van der Waals surface area contributed by atoms with E-state index in [9.17, 15) is 4.79 Å². The van der Waals surface area contributed by atoms with E-state index in [1.807, 2.05) is 19.1 Å². The van der Waals surface area contributed by atoms with Crippen LogP contribution in [-0.4, -0.2) is 36.9 Å². The second-order valence-corrected chi connectivity index (χ2v) is 5.38. The predicted molar refractivity (Wildman–Crippen MR) is 102 cm³/mol. The molecule has 0 radical (unpaired) electrons. The van der Waals surface area contributed by atoms with Crippen LogP contribution in [0.1, 0.15) is 30.9 Å². The molecule has 0 aliphatic heterocycles. The lowest BCUT2D eigenvalue weighted by atomic mass is 9.90. The Morgan fingerprint density at radius 3 is 2.82 bits per heavy atom. The lowest BCUT2D eigenvalue weighted by Crippen LogP contribution is -2.31. The first-order valence-electron chi connectivity index (χ1n) is 7.53. The SMILES string of the molecule is CCN(C)C(=O)CN=C(N)Nc1cccc2c1CCCC2.I. The topological polar surface area (TPSA) is 70.7 Å². The zero-order valence-corrected chi connectivity index (χ0v) is 15.6. The summed E-state index contributed by atoms with van der Waals surface area (Å²) in [6.45, 7) is 2.69. The third kappa shape index (κ3) is 4.86. The van der Waals surface area contributed by atoms with Crippen molar-refractivity contribution in [1.82, 2.24) is 4.90 Å². The van der Waals surface area contributed by atoms with E-state index in [1.165, 1.54) is 24.0 Å². The van der Waals surface area contributed by atoms with Crippen molar-refractivity contribution < 1.29 is 4.79 Å². The van der Waals surface area contributed by atoms with Gasteiger partial charge in [-0.25, -0.2) is 4.99 Å². The molecule has 0 unspecified atom stereocenters. The van der Waals surface area contributed by atoms with E-state index in [0.717, 1.165) is 18.5 Å². The molecule has 1 aliphatic rings. The van der Waals surface area contributed by atoms with Crippen LogP contribution in [0.4, 0.5) is 5.69 Å². The highest BCUT2D eigenvalue weighted by Gasteiger charge is 2.13. The average molecular weight is 416 g/mol. The van der Waals surface area contributed by atoms with Crippen molar-refractivity contribution in [1.29, 1.82) is 0 Å². The molecule has 1 aromatic carbocycles. The van der Waals surface area contributed by atoms with Crippen LogP contribution >= 0.6 is 24.0 Å². The summed E-state index contributed by atoms with van der Waals surface area (Å²) in [5.74, 6) is 0.268. The molecule has 1 aromatic rings. The first-order chi connectivity index (χ1) is 10.1. The largest absolute Gasteiger partial charge is 0.370 e. The highest BCUT2D eigenvalue weighted by Crippen LogP contribution is 2.27. The number of rotatable bonds is 4. The minimum Gasteiger partial charge on any atom is -0.370 e. The van der Waals surface area contributed by atoms with Crippen LogP contribution in [0.3, 0.4) is 0 Å². The van der Waals surface area contributed by atoms with Gasteiger partial charge in [-0.2, -0.15) is 0 Å². The number of likely N-dealkylation sites (N-methyl/N-ethyl adjacent to an activating group) is 1. The van der Waals surface area contributed by atoms with E-state index >= 15 is 0 Å². The van der Waals surface area contributed by atoms with Crippen molar-refractivity contribution in [3.63, 3.8) is 0 Å². The van der Waals surface area contributed by atoms with Crippen LogP contribution in [0.5, 0.6) is 0 Å². The molecule has 0 heterocycles. The van der Waals surface area contributed by atoms with Crippen molar-refractivity contribution in [2.45, 2.75) is 32.6 Å². The fraction of sp³-hybridized carbons (Fsp3) is 0.500. The van der Waals surface area contributed by atoms with Gasteiger partial charge in [0.1, 0.15) is 6.54 Å². The van der Waals surface area contributed by atoms with Crippen LogP contribution in [0.15, 0.2) is 23.2 Å². The highest BCUT2D eigenvalue weighted by atomic mass is 127.